The van der Waals surface area contributed by atoms with Crippen LogP contribution in [0.5, 0.6) is 0 Å². The molecule has 4 aromatic rings. The Bertz CT molecular complexity index is 910. The molecule has 3 heteroatoms. The molecule has 0 fully saturated rings. The highest BCUT2D eigenvalue weighted by atomic mass is 16.3. The van der Waals surface area contributed by atoms with Crippen LogP contribution in [0.3, 0.4) is 0 Å². The number of pyridine rings is 2. The fourth-order valence-corrected chi connectivity index (χ4v) is 2.64. The van der Waals surface area contributed by atoms with Gasteiger partial charge in [0.05, 0.1) is 11.9 Å². The molecule has 0 unspecified atom stereocenters. The number of furan rings is 1. The van der Waals surface area contributed by atoms with E-state index in [1.165, 1.54) is 0 Å². The van der Waals surface area contributed by atoms with Gasteiger partial charge in [-0.05, 0) is 30.7 Å². The Balaban J connectivity index is 2.14. The molecular formula is C17H12N2O. The molecule has 3 aromatic heterocycles. The lowest BCUT2D eigenvalue weighted by molar-refractivity contribution is 0.667. The fraction of sp³-hybridized carbons (Fsp3) is 0.0588. The van der Waals surface area contributed by atoms with Gasteiger partial charge in [0.1, 0.15) is 5.58 Å². The van der Waals surface area contributed by atoms with E-state index < -0.39 is 0 Å². The van der Waals surface area contributed by atoms with E-state index in [4.69, 9.17) is 4.42 Å². The van der Waals surface area contributed by atoms with E-state index in [2.05, 4.69) is 23.0 Å². The smallest absolute Gasteiger partial charge is 0.153 e. The second kappa shape index (κ2) is 4.17. The minimum absolute atomic E-state index is 0.823. The Morgan fingerprint density at radius 3 is 2.80 bits per heavy atom. The molecule has 20 heavy (non-hydrogen) atoms. The first-order chi connectivity index (χ1) is 9.84. The number of aryl methyl sites for hydroxylation is 1. The van der Waals surface area contributed by atoms with Crippen molar-refractivity contribution in [3.05, 3.63) is 60.6 Å². The molecule has 0 bridgehead atoms. The zero-order chi connectivity index (χ0) is 13.5. The topological polar surface area (TPSA) is 38.9 Å². The highest BCUT2D eigenvalue weighted by molar-refractivity contribution is 6.10. The van der Waals surface area contributed by atoms with Gasteiger partial charge in [-0.15, -0.1) is 0 Å². The molecule has 0 saturated heterocycles. The fourth-order valence-electron chi connectivity index (χ4n) is 2.64. The molecule has 4 rings (SSSR count). The molecule has 1 aromatic carbocycles. The monoisotopic (exact) mass is 260 g/mol. The zero-order valence-corrected chi connectivity index (χ0v) is 11.0. The largest absolute Gasteiger partial charge is 0.454 e. The van der Waals surface area contributed by atoms with E-state index in [1.807, 2.05) is 36.5 Å². The van der Waals surface area contributed by atoms with Crippen molar-refractivity contribution in [2.45, 2.75) is 6.92 Å². The number of hydrogen-bond donors (Lipinski definition) is 0. The summed E-state index contributed by atoms with van der Waals surface area (Å²) in [4.78, 5) is 8.62. The van der Waals surface area contributed by atoms with E-state index in [9.17, 15) is 0 Å². The molecule has 0 amide bonds. The van der Waals surface area contributed by atoms with Crippen molar-refractivity contribution in [2.24, 2.45) is 0 Å². The van der Waals surface area contributed by atoms with E-state index in [1.54, 1.807) is 12.4 Å². The molecule has 0 saturated carbocycles. The van der Waals surface area contributed by atoms with Crippen molar-refractivity contribution in [3.63, 3.8) is 0 Å². The summed E-state index contributed by atoms with van der Waals surface area (Å²) < 4.78 is 6.02. The van der Waals surface area contributed by atoms with Gasteiger partial charge < -0.3 is 4.42 Å². The van der Waals surface area contributed by atoms with Crippen LogP contribution in [0.25, 0.3) is 33.2 Å². The Hall–Kier alpha value is -2.68. The van der Waals surface area contributed by atoms with Crippen molar-refractivity contribution in [1.82, 2.24) is 9.97 Å². The minimum Gasteiger partial charge on any atom is -0.454 e. The summed E-state index contributed by atoms with van der Waals surface area (Å²) in [6, 6.07) is 12.1. The van der Waals surface area contributed by atoms with Crippen LogP contribution in [0.1, 0.15) is 5.56 Å². The van der Waals surface area contributed by atoms with Gasteiger partial charge in [-0.25, -0.2) is 0 Å². The maximum atomic E-state index is 6.02. The molecule has 0 aliphatic heterocycles. The summed E-state index contributed by atoms with van der Waals surface area (Å²) in [5.41, 5.74) is 4.75. The highest BCUT2D eigenvalue weighted by Crippen LogP contribution is 2.35. The van der Waals surface area contributed by atoms with Crippen molar-refractivity contribution in [3.8, 4) is 11.3 Å². The van der Waals surface area contributed by atoms with E-state index in [0.29, 0.717) is 0 Å². The number of benzene rings is 1. The van der Waals surface area contributed by atoms with E-state index in [-0.39, 0.29) is 0 Å². The van der Waals surface area contributed by atoms with Crippen molar-refractivity contribution >= 4 is 21.9 Å². The van der Waals surface area contributed by atoms with Gasteiger partial charge in [0.15, 0.2) is 5.58 Å². The van der Waals surface area contributed by atoms with Gasteiger partial charge in [0.25, 0.3) is 0 Å². The summed E-state index contributed by atoms with van der Waals surface area (Å²) in [7, 11) is 0. The lowest BCUT2D eigenvalue weighted by atomic mass is 10.1. The van der Waals surface area contributed by atoms with Crippen molar-refractivity contribution in [1.29, 1.82) is 0 Å². The maximum absolute atomic E-state index is 6.02. The Morgan fingerprint density at radius 2 is 1.95 bits per heavy atom. The Morgan fingerprint density at radius 1 is 1.00 bits per heavy atom. The molecular weight excluding hydrogens is 248 g/mol. The van der Waals surface area contributed by atoms with Gasteiger partial charge in [-0.2, -0.15) is 0 Å². The average molecular weight is 260 g/mol. The third-order valence-corrected chi connectivity index (χ3v) is 3.54. The van der Waals surface area contributed by atoms with Gasteiger partial charge in [0.2, 0.25) is 0 Å². The summed E-state index contributed by atoms with van der Waals surface area (Å²) in [6.07, 6.45) is 5.43. The number of aromatic nitrogens is 2. The van der Waals surface area contributed by atoms with Gasteiger partial charge in [0, 0.05) is 28.7 Å². The van der Waals surface area contributed by atoms with E-state index in [0.717, 1.165) is 38.8 Å². The SMILES string of the molecule is Cc1cncc2oc3c(-c4ccccn4)cccc3c12. The first kappa shape index (κ1) is 11.2. The average Bonchev–Trinajstić information content (AvgIpc) is 2.88. The third kappa shape index (κ3) is 1.53. The van der Waals surface area contributed by atoms with Crippen molar-refractivity contribution in [2.75, 3.05) is 0 Å². The molecule has 0 atom stereocenters. The molecule has 96 valence electrons. The van der Waals surface area contributed by atoms with Gasteiger partial charge in [-0.3, -0.25) is 9.97 Å². The molecule has 0 N–H and O–H groups in total. The van der Waals surface area contributed by atoms with Crippen LogP contribution in [0.4, 0.5) is 0 Å². The van der Waals surface area contributed by atoms with E-state index >= 15 is 0 Å². The number of nitrogens with zero attached hydrogens (tertiary/aromatic N) is 2. The van der Waals surface area contributed by atoms with Crippen LogP contribution >= 0.6 is 0 Å². The first-order valence-corrected chi connectivity index (χ1v) is 6.52. The molecule has 3 heterocycles. The standard InChI is InChI=1S/C17H12N2O/c1-11-9-18-10-15-16(11)13-6-4-5-12(17(13)20-15)14-7-2-3-8-19-14/h2-10H,1H3. The summed E-state index contributed by atoms with van der Waals surface area (Å²) in [6.45, 7) is 2.05. The molecule has 0 aliphatic carbocycles. The van der Waals surface area contributed by atoms with Crippen molar-refractivity contribution < 1.29 is 4.42 Å². The van der Waals surface area contributed by atoms with Crippen LogP contribution in [0.2, 0.25) is 0 Å². The second-order valence-corrected chi connectivity index (χ2v) is 4.83. The highest BCUT2D eigenvalue weighted by Gasteiger charge is 2.13. The Labute approximate surface area is 115 Å². The van der Waals surface area contributed by atoms with Crippen LogP contribution in [-0.4, -0.2) is 9.97 Å². The lowest BCUT2D eigenvalue weighted by Crippen LogP contribution is -1.82. The summed E-state index contributed by atoms with van der Waals surface area (Å²) in [5.74, 6) is 0. The van der Waals surface area contributed by atoms with Gasteiger partial charge >= 0.3 is 0 Å². The molecule has 3 nitrogen and oxygen atoms in total. The first-order valence-electron chi connectivity index (χ1n) is 6.52. The summed E-state index contributed by atoms with van der Waals surface area (Å²) >= 11 is 0. The zero-order valence-electron chi connectivity index (χ0n) is 11.0. The van der Waals surface area contributed by atoms with Crippen LogP contribution in [0.15, 0.2) is 59.4 Å². The summed E-state index contributed by atoms with van der Waals surface area (Å²) in [5, 5.41) is 2.25. The molecule has 0 radical (unpaired) electrons. The number of hydrogen-bond acceptors (Lipinski definition) is 3. The lowest BCUT2D eigenvalue weighted by Gasteiger charge is -2.00. The molecule has 0 aliphatic rings. The minimum atomic E-state index is 0.823. The second-order valence-electron chi connectivity index (χ2n) is 4.83. The van der Waals surface area contributed by atoms with Gasteiger partial charge in [-0.1, -0.05) is 18.2 Å². The van der Waals surface area contributed by atoms with Crippen LogP contribution in [-0.2, 0) is 0 Å². The predicted molar refractivity (Wildman–Crippen MR) is 79.5 cm³/mol. The van der Waals surface area contributed by atoms with Crippen LogP contribution in [0, 0.1) is 6.92 Å². The number of fused-ring (bicyclic) bond motifs is 3. The number of para-hydroxylation sites is 1. The Kier molecular flexibility index (Phi) is 2.33. The normalized spacial score (nSPS) is 11.2. The third-order valence-electron chi connectivity index (χ3n) is 3.54. The van der Waals surface area contributed by atoms with Crippen LogP contribution < -0.4 is 0 Å². The quantitative estimate of drug-likeness (QED) is 0.510. The maximum Gasteiger partial charge on any atom is 0.153 e. The number of rotatable bonds is 1. The predicted octanol–water partition coefficient (Wildman–Crippen LogP) is 4.35. The molecule has 0 spiro atoms.